The van der Waals surface area contributed by atoms with Gasteiger partial charge in [-0.2, -0.15) is 0 Å². The van der Waals surface area contributed by atoms with Crippen LogP contribution in [0.4, 0.5) is 0 Å². The number of carboxylic acid groups (broad SMARTS) is 1. The summed E-state index contributed by atoms with van der Waals surface area (Å²) in [6.07, 6.45) is 0. The van der Waals surface area contributed by atoms with Gasteiger partial charge < -0.3 is 14.7 Å². The zero-order valence-electron chi connectivity index (χ0n) is 15.6. The summed E-state index contributed by atoms with van der Waals surface area (Å²) in [6.45, 7) is 7.70. The van der Waals surface area contributed by atoms with Crippen molar-refractivity contribution in [3.8, 4) is 5.75 Å². The van der Waals surface area contributed by atoms with Crippen molar-refractivity contribution in [2.45, 2.75) is 39.7 Å². The van der Waals surface area contributed by atoms with E-state index in [2.05, 4.69) is 18.8 Å². The van der Waals surface area contributed by atoms with Gasteiger partial charge in [-0.05, 0) is 32.0 Å². The number of aromatic nitrogens is 1. The summed E-state index contributed by atoms with van der Waals surface area (Å²) in [4.78, 5) is 30.8. The Kier molecular flexibility index (Phi) is 6.37. The molecule has 0 aliphatic heterocycles. The standard InChI is InChI=1S/C19H24N2O4S/c1-11(2)18-20-12(3)17(26-18)13(4)21(5)19(24)14-7-6-8-15(9-14)25-10-16(22)23/h6-9,11,13H,10H2,1-5H3,(H,22,23). The van der Waals surface area contributed by atoms with Gasteiger partial charge in [-0.25, -0.2) is 9.78 Å². The number of carbonyl (C=O) groups excluding carboxylic acids is 1. The number of ether oxygens (including phenoxy) is 1. The molecule has 0 saturated carbocycles. The molecule has 1 aromatic carbocycles. The third-order valence-corrected chi connectivity index (χ3v) is 5.70. The highest BCUT2D eigenvalue weighted by Crippen LogP contribution is 2.32. The average Bonchev–Trinajstić information content (AvgIpc) is 3.00. The highest BCUT2D eigenvalue weighted by molar-refractivity contribution is 7.11. The second-order valence-electron chi connectivity index (χ2n) is 6.46. The number of nitrogens with zero attached hydrogens (tertiary/aromatic N) is 2. The molecule has 0 aliphatic carbocycles. The molecule has 0 saturated heterocycles. The van der Waals surface area contributed by atoms with E-state index in [-0.39, 0.29) is 11.9 Å². The summed E-state index contributed by atoms with van der Waals surface area (Å²) in [5, 5.41) is 9.77. The number of rotatable bonds is 7. The smallest absolute Gasteiger partial charge is 0.341 e. The van der Waals surface area contributed by atoms with E-state index < -0.39 is 12.6 Å². The Morgan fingerprint density at radius 2 is 2.00 bits per heavy atom. The average molecular weight is 376 g/mol. The zero-order valence-corrected chi connectivity index (χ0v) is 16.5. The minimum atomic E-state index is -1.06. The largest absolute Gasteiger partial charge is 0.482 e. The van der Waals surface area contributed by atoms with E-state index in [9.17, 15) is 9.59 Å². The molecule has 0 spiro atoms. The lowest BCUT2D eigenvalue weighted by atomic mass is 10.1. The molecule has 0 radical (unpaired) electrons. The quantitative estimate of drug-likeness (QED) is 0.793. The molecule has 1 N–H and O–H groups in total. The summed E-state index contributed by atoms with van der Waals surface area (Å²) in [6, 6.07) is 6.45. The summed E-state index contributed by atoms with van der Waals surface area (Å²) in [5.74, 6) is -0.509. The third kappa shape index (κ3) is 4.60. The van der Waals surface area contributed by atoms with Crippen LogP contribution >= 0.6 is 11.3 Å². The predicted molar refractivity (Wildman–Crippen MR) is 101 cm³/mol. The van der Waals surface area contributed by atoms with E-state index in [1.165, 1.54) is 0 Å². The Morgan fingerprint density at radius 3 is 2.58 bits per heavy atom. The number of hydrogen-bond acceptors (Lipinski definition) is 5. The first kappa shape index (κ1) is 19.9. The van der Waals surface area contributed by atoms with Crippen molar-refractivity contribution in [2.75, 3.05) is 13.7 Å². The summed E-state index contributed by atoms with van der Waals surface area (Å²) < 4.78 is 5.15. The molecule has 0 aliphatic rings. The minimum Gasteiger partial charge on any atom is -0.482 e. The zero-order chi connectivity index (χ0) is 19.4. The lowest BCUT2D eigenvalue weighted by Gasteiger charge is -2.24. The fraction of sp³-hybridized carbons (Fsp3) is 0.421. The maximum Gasteiger partial charge on any atom is 0.341 e. The van der Waals surface area contributed by atoms with E-state index in [4.69, 9.17) is 9.84 Å². The summed E-state index contributed by atoms with van der Waals surface area (Å²) in [7, 11) is 1.76. The molecule has 7 heteroatoms. The van der Waals surface area contributed by atoms with Gasteiger partial charge in [0, 0.05) is 23.4 Å². The van der Waals surface area contributed by atoms with Crippen molar-refractivity contribution in [1.82, 2.24) is 9.88 Å². The number of thiazole rings is 1. The van der Waals surface area contributed by atoms with Gasteiger partial charge in [0.1, 0.15) is 5.75 Å². The van der Waals surface area contributed by atoms with Gasteiger partial charge in [-0.3, -0.25) is 4.79 Å². The van der Waals surface area contributed by atoms with Crippen molar-refractivity contribution in [2.24, 2.45) is 0 Å². The van der Waals surface area contributed by atoms with Crippen LogP contribution in [0.25, 0.3) is 0 Å². The highest BCUT2D eigenvalue weighted by atomic mass is 32.1. The van der Waals surface area contributed by atoms with Gasteiger partial charge in [-0.15, -0.1) is 11.3 Å². The Morgan fingerprint density at radius 1 is 1.31 bits per heavy atom. The van der Waals surface area contributed by atoms with Crippen LogP contribution in [0, 0.1) is 6.92 Å². The first-order chi connectivity index (χ1) is 12.2. The summed E-state index contributed by atoms with van der Waals surface area (Å²) in [5.41, 5.74) is 1.40. The number of benzene rings is 1. The topological polar surface area (TPSA) is 79.7 Å². The molecule has 1 aromatic heterocycles. The van der Waals surface area contributed by atoms with Crippen LogP contribution in [-0.2, 0) is 4.79 Å². The van der Waals surface area contributed by atoms with Crippen LogP contribution in [0.3, 0.4) is 0 Å². The van der Waals surface area contributed by atoms with E-state index in [0.29, 0.717) is 17.2 Å². The second kappa shape index (κ2) is 8.31. The van der Waals surface area contributed by atoms with Crippen LogP contribution in [0.1, 0.15) is 58.7 Å². The Balaban J connectivity index is 2.18. The SMILES string of the molecule is Cc1nc(C(C)C)sc1C(C)N(C)C(=O)c1cccc(OCC(=O)O)c1. The lowest BCUT2D eigenvalue weighted by molar-refractivity contribution is -0.139. The second-order valence-corrected chi connectivity index (χ2v) is 7.52. The Hall–Kier alpha value is -2.41. The van der Waals surface area contributed by atoms with E-state index in [1.54, 1.807) is 47.5 Å². The first-order valence-electron chi connectivity index (χ1n) is 8.39. The molecular weight excluding hydrogens is 352 g/mol. The van der Waals surface area contributed by atoms with Crippen LogP contribution < -0.4 is 4.74 Å². The number of aliphatic carboxylic acids is 1. The molecule has 1 amide bonds. The van der Waals surface area contributed by atoms with Crippen molar-refractivity contribution in [1.29, 1.82) is 0 Å². The van der Waals surface area contributed by atoms with Gasteiger partial charge in [0.05, 0.1) is 16.7 Å². The fourth-order valence-electron chi connectivity index (χ4n) is 2.48. The number of carboxylic acids is 1. The lowest BCUT2D eigenvalue weighted by Crippen LogP contribution is -2.29. The van der Waals surface area contributed by atoms with E-state index in [0.717, 1.165) is 15.6 Å². The molecule has 1 atom stereocenters. The predicted octanol–water partition coefficient (Wildman–Crippen LogP) is 3.87. The van der Waals surface area contributed by atoms with Crippen molar-refractivity contribution >= 4 is 23.2 Å². The molecule has 6 nitrogen and oxygen atoms in total. The highest BCUT2D eigenvalue weighted by Gasteiger charge is 2.23. The minimum absolute atomic E-state index is 0.115. The first-order valence-corrected chi connectivity index (χ1v) is 9.21. The maximum absolute atomic E-state index is 12.8. The maximum atomic E-state index is 12.8. The molecule has 0 fully saturated rings. The van der Waals surface area contributed by atoms with Gasteiger partial charge in [0.25, 0.3) is 5.91 Å². The molecule has 140 valence electrons. The summed E-state index contributed by atoms with van der Waals surface area (Å²) >= 11 is 1.64. The molecular formula is C19H24N2O4S. The van der Waals surface area contributed by atoms with Crippen LogP contribution in [-0.4, -0.2) is 40.5 Å². The number of aryl methyl sites for hydroxylation is 1. The number of amides is 1. The molecule has 2 rings (SSSR count). The van der Waals surface area contributed by atoms with Gasteiger partial charge >= 0.3 is 5.97 Å². The Labute approximate surface area is 157 Å². The van der Waals surface area contributed by atoms with Crippen molar-refractivity contribution < 1.29 is 19.4 Å². The van der Waals surface area contributed by atoms with Crippen LogP contribution in [0.2, 0.25) is 0 Å². The van der Waals surface area contributed by atoms with E-state index >= 15 is 0 Å². The van der Waals surface area contributed by atoms with Gasteiger partial charge in [-0.1, -0.05) is 19.9 Å². The fourth-order valence-corrected chi connectivity index (χ4v) is 3.65. The monoisotopic (exact) mass is 376 g/mol. The van der Waals surface area contributed by atoms with Gasteiger partial charge in [0.2, 0.25) is 0 Å². The number of carbonyl (C=O) groups is 2. The third-order valence-electron chi connectivity index (χ3n) is 4.07. The Bertz CT molecular complexity index is 801. The van der Waals surface area contributed by atoms with Crippen molar-refractivity contribution in [3.63, 3.8) is 0 Å². The number of hydrogen-bond donors (Lipinski definition) is 1. The molecule has 0 bridgehead atoms. The molecule has 2 aromatic rings. The molecule has 1 heterocycles. The van der Waals surface area contributed by atoms with Gasteiger partial charge in [0.15, 0.2) is 6.61 Å². The molecule has 26 heavy (non-hydrogen) atoms. The van der Waals surface area contributed by atoms with Crippen molar-refractivity contribution in [3.05, 3.63) is 45.4 Å². The van der Waals surface area contributed by atoms with Crippen LogP contribution in [0.15, 0.2) is 24.3 Å². The normalized spacial score (nSPS) is 12.1. The molecule has 1 unspecified atom stereocenters. The van der Waals surface area contributed by atoms with Crippen LogP contribution in [0.5, 0.6) is 5.75 Å². The van der Waals surface area contributed by atoms with E-state index in [1.807, 2.05) is 13.8 Å².